The second-order valence-corrected chi connectivity index (χ2v) is 8.21. The van der Waals surface area contributed by atoms with Crippen LogP contribution in [0.5, 0.6) is 0 Å². The molecular formula is C28H26N3NiO3+. The maximum absolute atomic E-state index is 13.3. The molecule has 6 nitrogen and oxygen atoms in total. The number of anilines is 1. The van der Waals surface area contributed by atoms with E-state index in [9.17, 15) is 14.7 Å². The average molecular weight is 511 g/mol. The summed E-state index contributed by atoms with van der Waals surface area (Å²) in [5.41, 5.74) is 3.06. The van der Waals surface area contributed by atoms with Gasteiger partial charge in [-0.05, 0) is 31.0 Å². The van der Waals surface area contributed by atoms with E-state index >= 15 is 0 Å². The summed E-state index contributed by atoms with van der Waals surface area (Å²) in [6.07, 6.45) is 1.73. The Labute approximate surface area is 215 Å². The Hall–Kier alpha value is -3.54. The summed E-state index contributed by atoms with van der Waals surface area (Å²) in [4.78, 5) is 31.1. The Morgan fingerprint density at radius 3 is 2.29 bits per heavy atom. The molecule has 0 aromatic heterocycles. The van der Waals surface area contributed by atoms with Crippen LogP contribution < -0.4 is 10.4 Å². The van der Waals surface area contributed by atoms with E-state index in [1.807, 2.05) is 60.7 Å². The summed E-state index contributed by atoms with van der Waals surface area (Å²) >= 11 is 0. The third-order valence-corrected chi connectivity index (χ3v) is 5.86. The molecule has 0 radical (unpaired) electrons. The number of likely N-dealkylation sites (tertiary alicyclic amines) is 1. The largest absolute Gasteiger partial charge is 2.00 e. The van der Waals surface area contributed by atoms with Gasteiger partial charge in [0, 0.05) is 17.7 Å². The fraction of sp³-hybridized carbons (Fsp3) is 0.179. The second kappa shape index (κ2) is 12.2. The first-order valence-corrected chi connectivity index (χ1v) is 11.3. The number of benzene rings is 3. The first kappa shape index (κ1) is 26.1. The molecule has 3 aromatic carbocycles. The van der Waals surface area contributed by atoms with Gasteiger partial charge in [-0.15, -0.1) is 0 Å². The summed E-state index contributed by atoms with van der Waals surface area (Å²) in [6, 6.07) is 26.3. The molecule has 0 aliphatic carbocycles. The van der Waals surface area contributed by atoms with Gasteiger partial charge in [-0.3, -0.25) is 9.69 Å². The number of amides is 1. The normalized spacial score (nSPS) is 15.8. The first-order chi connectivity index (χ1) is 16.5. The van der Waals surface area contributed by atoms with Crippen molar-refractivity contribution in [2.75, 3.05) is 11.9 Å². The van der Waals surface area contributed by atoms with E-state index in [-0.39, 0.29) is 34.1 Å². The van der Waals surface area contributed by atoms with Crippen molar-refractivity contribution >= 4 is 23.3 Å². The van der Waals surface area contributed by atoms with Crippen molar-refractivity contribution in [2.45, 2.75) is 25.4 Å². The molecule has 1 N–H and O–H groups in total. The van der Waals surface area contributed by atoms with Crippen molar-refractivity contribution in [3.63, 3.8) is 0 Å². The standard InChI is InChI=1S/C28H27N3O3.Ni/c1-20(28(33)34)29-26(22-13-6-3-7-14-22)23-15-8-9-16-24(23)30-27(32)25-17-10-18-31(25)19-21-11-4-2-5-12-21;/h2-9,11-16,25H,1,10,17-19H2,(H,30,32)(H,33,34);/q;+2/p-1. The maximum Gasteiger partial charge on any atom is 2.00 e. The molecule has 1 aliphatic rings. The van der Waals surface area contributed by atoms with Gasteiger partial charge in [0.05, 0.1) is 29.1 Å². The van der Waals surface area contributed by atoms with Gasteiger partial charge < -0.3 is 15.2 Å². The number of aliphatic carboxylic acids is 1. The maximum atomic E-state index is 13.3. The van der Waals surface area contributed by atoms with Crippen LogP contribution in [0.3, 0.4) is 0 Å². The van der Waals surface area contributed by atoms with Crippen LogP contribution >= 0.6 is 0 Å². The number of carboxylic acid groups (broad SMARTS) is 1. The summed E-state index contributed by atoms with van der Waals surface area (Å²) in [5, 5.41) is 14.4. The minimum Gasteiger partial charge on any atom is -0.543 e. The van der Waals surface area contributed by atoms with E-state index in [0.29, 0.717) is 29.1 Å². The molecule has 1 saturated heterocycles. The number of hydrogen-bond donors (Lipinski definition) is 1. The van der Waals surface area contributed by atoms with Gasteiger partial charge in [0.2, 0.25) is 5.91 Å². The molecule has 1 atom stereocenters. The zero-order valence-electron chi connectivity index (χ0n) is 19.1. The fourth-order valence-electron chi connectivity index (χ4n) is 4.20. The summed E-state index contributed by atoms with van der Waals surface area (Å²) in [6.45, 7) is 5.07. The summed E-state index contributed by atoms with van der Waals surface area (Å²) < 4.78 is 0. The Kier molecular flexibility index (Phi) is 9.13. The van der Waals surface area contributed by atoms with Crippen LogP contribution in [-0.2, 0) is 32.6 Å². The van der Waals surface area contributed by atoms with Gasteiger partial charge >= 0.3 is 16.5 Å². The van der Waals surface area contributed by atoms with Gasteiger partial charge in [0.25, 0.3) is 0 Å². The number of hydrogen-bond acceptors (Lipinski definition) is 5. The molecule has 0 saturated carbocycles. The van der Waals surface area contributed by atoms with Crippen molar-refractivity contribution in [1.82, 2.24) is 4.90 Å². The van der Waals surface area contributed by atoms with E-state index in [0.717, 1.165) is 19.4 Å². The Balaban J connectivity index is 0.00000342. The van der Waals surface area contributed by atoms with E-state index in [1.165, 1.54) is 5.56 Å². The number of nitrogens with one attached hydrogen (secondary N) is 1. The van der Waals surface area contributed by atoms with E-state index in [1.54, 1.807) is 12.1 Å². The van der Waals surface area contributed by atoms with Crippen LogP contribution in [0.15, 0.2) is 102 Å². The summed E-state index contributed by atoms with van der Waals surface area (Å²) in [7, 11) is 0. The van der Waals surface area contributed by atoms with Crippen LogP contribution in [0, 0.1) is 0 Å². The number of aliphatic imine (C=N–C) groups is 1. The zero-order valence-corrected chi connectivity index (χ0v) is 20.1. The zero-order chi connectivity index (χ0) is 23.9. The molecule has 35 heavy (non-hydrogen) atoms. The van der Waals surface area contributed by atoms with Crippen molar-refractivity contribution < 1.29 is 31.2 Å². The van der Waals surface area contributed by atoms with Gasteiger partial charge in [0.15, 0.2) is 0 Å². The molecule has 7 heteroatoms. The number of carboxylic acids is 1. The third kappa shape index (κ3) is 6.53. The first-order valence-electron chi connectivity index (χ1n) is 11.3. The molecule has 180 valence electrons. The van der Waals surface area contributed by atoms with Gasteiger partial charge in [0.1, 0.15) is 0 Å². The van der Waals surface area contributed by atoms with Crippen molar-refractivity contribution in [3.05, 3.63) is 114 Å². The van der Waals surface area contributed by atoms with E-state index in [2.05, 4.69) is 33.9 Å². The molecule has 0 spiro atoms. The number of nitrogens with zero attached hydrogens (tertiary/aromatic N) is 2. The number of rotatable bonds is 8. The minimum atomic E-state index is -1.45. The van der Waals surface area contributed by atoms with Crippen LogP contribution in [0.2, 0.25) is 0 Å². The topological polar surface area (TPSA) is 84.8 Å². The molecule has 4 rings (SSSR count). The van der Waals surface area contributed by atoms with Crippen molar-refractivity contribution in [1.29, 1.82) is 0 Å². The van der Waals surface area contributed by atoms with Crippen molar-refractivity contribution in [2.24, 2.45) is 4.99 Å². The molecular weight excluding hydrogens is 485 g/mol. The van der Waals surface area contributed by atoms with Crippen LogP contribution in [0.1, 0.15) is 29.5 Å². The van der Waals surface area contributed by atoms with Gasteiger partial charge in [-0.1, -0.05) is 85.4 Å². The molecule has 1 unspecified atom stereocenters. The predicted octanol–water partition coefficient (Wildman–Crippen LogP) is 3.39. The molecule has 1 amide bonds. The quantitative estimate of drug-likeness (QED) is 0.286. The predicted molar refractivity (Wildman–Crippen MR) is 131 cm³/mol. The Morgan fingerprint density at radius 1 is 0.971 bits per heavy atom. The minimum absolute atomic E-state index is 0. The van der Waals surface area contributed by atoms with Crippen molar-refractivity contribution in [3.8, 4) is 0 Å². The Morgan fingerprint density at radius 2 is 1.60 bits per heavy atom. The molecule has 1 aliphatic heterocycles. The molecule has 0 bridgehead atoms. The van der Waals surface area contributed by atoms with Gasteiger partial charge in [-0.2, -0.15) is 0 Å². The third-order valence-electron chi connectivity index (χ3n) is 5.86. The smallest absolute Gasteiger partial charge is 0.543 e. The molecule has 3 aromatic rings. The monoisotopic (exact) mass is 510 g/mol. The van der Waals surface area contributed by atoms with Crippen LogP contribution in [-0.4, -0.2) is 35.1 Å². The SMILES string of the molecule is C=C(N=C(c1ccccc1)c1ccccc1NC(=O)C1CCCN1Cc1ccccc1)C(=O)[O-].[Ni+2]. The van der Waals surface area contributed by atoms with E-state index < -0.39 is 5.97 Å². The number of para-hydroxylation sites is 1. The average Bonchev–Trinajstić information content (AvgIpc) is 3.32. The van der Waals surface area contributed by atoms with Gasteiger partial charge in [-0.25, -0.2) is 4.99 Å². The Bertz CT molecular complexity index is 1210. The fourth-order valence-corrected chi connectivity index (χ4v) is 4.20. The number of carbonyl (C=O) groups is 2. The second-order valence-electron chi connectivity index (χ2n) is 8.21. The van der Waals surface area contributed by atoms with Crippen LogP contribution in [0.4, 0.5) is 5.69 Å². The molecule has 1 fully saturated rings. The summed E-state index contributed by atoms with van der Waals surface area (Å²) in [5.74, 6) is -1.54. The number of carbonyl (C=O) groups excluding carboxylic acids is 2. The van der Waals surface area contributed by atoms with Crippen LogP contribution in [0.25, 0.3) is 0 Å². The molecule has 1 heterocycles. The van der Waals surface area contributed by atoms with E-state index in [4.69, 9.17) is 0 Å².